The van der Waals surface area contributed by atoms with Gasteiger partial charge in [0.2, 0.25) is 5.91 Å². The molecule has 1 aliphatic rings. The summed E-state index contributed by atoms with van der Waals surface area (Å²) in [6.07, 6.45) is 0.294. The van der Waals surface area contributed by atoms with E-state index in [1.165, 1.54) is 16.6 Å². The van der Waals surface area contributed by atoms with Crippen molar-refractivity contribution in [1.82, 2.24) is 9.55 Å². The summed E-state index contributed by atoms with van der Waals surface area (Å²) < 4.78 is 5.12. The Hall–Kier alpha value is -1.51. The third-order valence-electron chi connectivity index (χ3n) is 3.94. The molecule has 3 N–H and O–H groups in total. The summed E-state index contributed by atoms with van der Waals surface area (Å²) >= 11 is 12.0. The lowest BCUT2D eigenvalue weighted by molar-refractivity contribution is -0.120. The summed E-state index contributed by atoms with van der Waals surface area (Å²) in [6.45, 7) is 4.38. The molecule has 0 saturated heterocycles. The number of nitrogen functional groups attached to an aromatic ring is 1. The maximum absolute atomic E-state index is 12.8. The third-order valence-corrected chi connectivity index (χ3v) is 4.78. The summed E-state index contributed by atoms with van der Waals surface area (Å²) in [5.41, 5.74) is 4.64. The van der Waals surface area contributed by atoms with Crippen LogP contribution in [0.25, 0.3) is 0 Å². The molecule has 8 nitrogen and oxygen atoms in total. The van der Waals surface area contributed by atoms with Crippen LogP contribution in [0.2, 0.25) is 0 Å². The van der Waals surface area contributed by atoms with Gasteiger partial charge in [-0.15, -0.1) is 23.2 Å². The minimum absolute atomic E-state index is 0.0673. The highest BCUT2D eigenvalue weighted by Crippen LogP contribution is 2.54. The first-order valence-corrected chi connectivity index (χ1v) is 8.66. The van der Waals surface area contributed by atoms with Crippen LogP contribution in [-0.4, -0.2) is 40.1 Å². The number of carbonyl (C=O) groups excluding carboxylic acids is 1. The van der Waals surface area contributed by atoms with Gasteiger partial charge in [-0.3, -0.25) is 19.1 Å². The van der Waals surface area contributed by atoms with Gasteiger partial charge in [0.1, 0.15) is 10.2 Å². The Kier molecular flexibility index (Phi) is 5.86. The molecule has 0 radical (unpaired) electrons. The van der Waals surface area contributed by atoms with Gasteiger partial charge in [0.05, 0.1) is 12.5 Å². The highest BCUT2D eigenvalue weighted by molar-refractivity contribution is 6.52. The van der Waals surface area contributed by atoms with Crippen molar-refractivity contribution in [2.75, 3.05) is 30.9 Å². The Labute approximate surface area is 154 Å². The second-order valence-corrected chi connectivity index (χ2v) is 8.04. The summed E-state index contributed by atoms with van der Waals surface area (Å²) in [7, 11) is 1.47. The van der Waals surface area contributed by atoms with Gasteiger partial charge in [-0.2, -0.15) is 0 Å². The van der Waals surface area contributed by atoms with Crippen LogP contribution in [-0.2, 0) is 16.1 Å². The number of alkyl halides is 2. The molecule has 0 aromatic carbocycles. The Balaban J connectivity index is 2.51. The number of halogens is 2. The third kappa shape index (κ3) is 4.19. The van der Waals surface area contributed by atoms with Crippen LogP contribution in [0.15, 0.2) is 9.59 Å². The lowest BCUT2D eigenvalue weighted by atomic mass is 10.2. The number of nitrogens with zero attached hydrogens (tertiary/aromatic N) is 2. The average Bonchev–Trinajstić information content (AvgIpc) is 3.14. The summed E-state index contributed by atoms with van der Waals surface area (Å²) in [4.78, 5) is 40.6. The molecule has 0 spiro atoms. The van der Waals surface area contributed by atoms with Crippen LogP contribution in [0.1, 0.15) is 20.3 Å². The van der Waals surface area contributed by atoms with Gasteiger partial charge in [0, 0.05) is 20.2 Å². The summed E-state index contributed by atoms with van der Waals surface area (Å²) in [5.74, 6) is -1.00. The number of carbonyl (C=O) groups is 1. The summed E-state index contributed by atoms with van der Waals surface area (Å²) in [5, 5.41) is 0. The van der Waals surface area contributed by atoms with E-state index in [-0.39, 0.29) is 30.6 Å². The first-order valence-electron chi connectivity index (χ1n) is 7.90. The minimum Gasteiger partial charge on any atom is -0.383 e. The summed E-state index contributed by atoms with van der Waals surface area (Å²) in [6, 6.07) is 0. The molecule has 0 aliphatic heterocycles. The first kappa shape index (κ1) is 19.8. The maximum atomic E-state index is 12.8. The van der Waals surface area contributed by atoms with Crippen LogP contribution < -0.4 is 21.9 Å². The molecule has 25 heavy (non-hydrogen) atoms. The van der Waals surface area contributed by atoms with Crippen molar-refractivity contribution in [2.24, 2.45) is 11.8 Å². The van der Waals surface area contributed by atoms with Gasteiger partial charge < -0.3 is 15.4 Å². The minimum atomic E-state index is -1.14. The number of rotatable bonds is 7. The lowest BCUT2D eigenvalue weighted by Gasteiger charge is -2.25. The van der Waals surface area contributed by atoms with E-state index in [1.807, 2.05) is 13.8 Å². The number of aromatic nitrogens is 2. The second kappa shape index (κ2) is 7.39. The average molecular weight is 393 g/mol. The number of aromatic amines is 1. The SMILES string of the molecule is COCCN(C(=O)C1CC1(Cl)Cl)c1c(N)n(CC(C)C)c(=O)[nH]c1=O. The highest BCUT2D eigenvalue weighted by atomic mass is 35.5. The smallest absolute Gasteiger partial charge is 0.330 e. The molecule has 0 bridgehead atoms. The van der Waals surface area contributed by atoms with Gasteiger partial charge in [-0.1, -0.05) is 13.8 Å². The maximum Gasteiger partial charge on any atom is 0.330 e. The molecule has 140 valence electrons. The molecule has 1 aliphatic carbocycles. The Morgan fingerprint density at radius 2 is 2.08 bits per heavy atom. The number of ether oxygens (including phenoxy) is 1. The molecule has 2 rings (SSSR count). The van der Waals surface area contributed by atoms with Gasteiger partial charge in [0.25, 0.3) is 5.56 Å². The molecule has 1 amide bonds. The molecule has 1 unspecified atom stereocenters. The van der Waals surface area contributed by atoms with Gasteiger partial charge in [-0.25, -0.2) is 4.79 Å². The molecular weight excluding hydrogens is 371 g/mol. The number of H-pyrrole nitrogens is 1. The van der Waals surface area contributed by atoms with E-state index >= 15 is 0 Å². The fourth-order valence-electron chi connectivity index (χ4n) is 2.57. The topological polar surface area (TPSA) is 110 Å². The number of methoxy groups -OCH3 is 1. The van der Waals surface area contributed by atoms with Crippen molar-refractivity contribution >= 4 is 40.6 Å². The number of nitrogens with one attached hydrogen (secondary N) is 1. The molecular formula is C15H22Cl2N4O4. The predicted octanol–water partition coefficient (Wildman–Crippen LogP) is 0.948. The Morgan fingerprint density at radius 3 is 2.56 bits per heavy atom. The number of nitrogens with two attached hydrogens (primary N) is 1. The quantitative estimate of drug-likeness (QED) is 0.671. The van der Waals surface area contributed by atoms with E-state index in [0.717, 1.165) is 0 Å². The van der Waals surface area contributed by atoms with Crippen molar-refractivity contribution in [2.45, 2.75) is 31.1 Å². The van der Waals surface area contributed by atoms with Crippen LogP contribution >= 0.6 is 23.2 Å². The highest BCUT2D eigenvalue weighted by Gasteiger charge is 2.58. The van der Waals surface area contributed by atoms with E-state index < -0.39 is 27.4 Å². The van der Waals surface area contributed by atoms with Crippen molar-refractivity contribution in [3.05, 3.63) is 20.8 Å². The number of anilines is 2. The molecule has 1 aromatic rings. The van der Waals surface area contributed by atoms with Gasteiger partial charge in [0.15, 0.2) is 5.69 Å². The largest absolute Gasteiger partial charge is 0.383 e. The molecule has 10 heteroatoms. The number of hydrogen-bond donors (Lipinski definition) is 2. The predicted molar refractivity (Wildman–Crippen MR) is 97.3 cm³/mol. The van der Waals surface area contributed by atoms with Crippen molar-refractivity contribution < 1.29 is 9.53 Å². The van der Waals surface area contributed by atoms with Gasteiger partial charge >= 0.3 is 5.69 Å². The van der Waals surface area contributed by atoms with Gasteiger partial charge in [-0.05, 0) is 12.3 Å². The van der Waals surface area contributed by atoms with Crippen LogP contribution in [0, 0.1) is 11.8 Å². The van der Waals surface area contributed by atoms with E-state index in [1.54, 1.807) is 0 Å². The van der Waals surface area contributed by atoms with E-state index in [9.17, 15) is 14.4 Å². The van der Waals surface area contributed by atoms with E-state index in [2.05, 4.69) is 4.98 Å². The van der Waals surface area contributed by atoms with Crippen LogP contribution in [0.4, 0.5) is 11.5 Å². The fraction of sp³-hybridized carbons (Fsp3) is 0.667. The Bertz CT molecular complexity index is 772. The normalized spacial score (nSPS) is 18.4. The van der Waals surface area contributed by atoms with Crippen LogP contribution in [0.3, 0.4) is 0 Å². The van der Waals surface area contributed by atoms with Crippen LogP contribution in [0.5, 0.6) is 0 Å². The van der Waals surface area contributed by atoms with Crippen molar-refractivity contribution in [1.29, 1.82) is 0 Å². The van der Waals surface area contributed by atoms with Crippen molar-refractivity contribution in [3.63, 3.8) is 0 Å². The monoisotopic (exact) mass is 392 g/mol. The Morgan fingerprint density at radius 1 is 1.48 bits per heavy atom. The first-order chi connectivity index (χ1) is 11.6. The van der Waals surface area contributed by atoms with Crippen molar-refractivity contribution in [3.8, 4) is 0 Å². The molecule has 1 heterocycles. The second-order valence-electron chi connectivity index (χ2n) is 6.50. The standard InChI is InChI=1S/C15H22Cl2N4O4/c1-8(2)7-21-11(18)10(12(22)19-14(21)24)20(4-5-25-3)13(23)9-6-15(9,16)17/h8-9H,4-7,18H2,1-3H3,(H,19,22,24). The number of hydrogen-bond acceptors (Lipinski definition) is 5. The molecule has 1 fully saturated rings. The fourth-order valence-corrected chi connectivity index (χ4v) is 3.06. The zero-order valence-corrected chi connectivity index (χ0v) is 15.9. The molecule has 1 aromatic heterocycles. The van der Waals surface area contributed by atoms with E-state index in [0.29, 0.717) is 13.0 Å². The lowest BCUT2D eigenvalue weighted by Crippen LogP contribution is -2.44. The zero-order chi connectivity index (χ0) is 18.9. The molecule has 1 saturated carbocycles. The number of amides is 1. The molecule has 1 atom stereocenters. The van der Waals surface area contributed by atoms with E-state index in [4.69, 9.17) is 33.7 Å². The zero-order valence-electron chi connectivity index (χ0n) is 14.3.